The van der Waals surface area contributed by atoms with Crippen molar-refractivity contribution in [2.24, 2.45) is 0 Å². The molecule has 0 spiro atoms. The first kappa shape index (κ1) is 29.6. The van der Waals surface area contributed by atoms with Crippen molar-refractivity contribution < 1.29 is 0 Å². The maximum Gasteiger partial charge on any atom is 0.156 e. The molecule has 0 radical (unpaired) electrons. The average molecular weight is 640 g/mol. The first-order valence-corrected chi connectivity index (χ1v) is 17.0. The molecule has 0 aliphatic rings. The smallest absolute Gasteiger partial charge is 0.156 e. The van der Waals surface area contributed by atoms with E-state index in [0.29, 0.717) is 0 Å². The van der Waals surface area contributed by atoms with Crippen molar-refractivity contribution >= 4 is 49.5 Å². The molecule has 0 N–H and O–H groups in total. The van der Waals surface area contributed by atoms with Gasteiger partial charge in [-0.25, -0.2) is 4.98 Å². The van der Waals surface area contributed by atoms with Gasteiger partial charge in [0, 0.05) is 23.8 Å². The molecule has 8 aromatic carbocycles. The van der Waals surface area contributed by atoms with Crippen LogP contribution in [0.25, 0.3) is 65.7 Å². The largest absolute Gasteiger partial charge is 0.294 e. The molecule has 1 heterocycles. The highest BCUT2D eigenvalue weighted by atomic mass is 15.2. The summed E-state index contributed by atoms with van der Waals surface area (Å²) in [5.74, 6) is 0.767. The number of hydrogen-bond acceptors (Lipinski definition) is 3. The minimum atomic E-state index is 0.767. The molecular weight excluding hydrogens is 607 g/mol. The molecule has 0 bridgehead atoms. The second kappa shape index (κ2) is 12.5. The Hall–Kier alpha value is -6.58. The molecule has 3 nitrogen and oxygen atoms in total. The Morgan fingerprint density at radius 3 is 1.68 bits per heavy atom. The van der Waals surface area contributed by atoms with E-state index in [-0.39, 0.29) is 0 Å². The maximum absolute atomic E-state index is 4.75. The van der Waals surface area contributed by atoms with E-state index >= 15 is 0 Å². The third-order valence-corrected chi connectivity index (χ3v) is 9.65. The molecule has 0 fully saturated rings. The average Bonchev–Trinajstić information content (AvgIpc) is 3.19. The second-order valence-electron chi connectivity index (χ2n) is 12.7. The number of fused-ring (bicyclic) bond motifs is 6. The summed E-state index contributed by atoms with van der Waals surface area (Å²) in [6.45, 7) is 2.11. The van der Waals surface area contributed by atoms with Gasteiger partial charge in [0.15, 0.2) is 5.82 Å². The molecule has 0 unspecified atom stereocenters. The van der Waals surface area contributed by atoms with Crippen molar-refractivity contribution in [1.82, 2.24) is 9.97 Å². The first-order valence-electron chi connectivity index (χ1n) is 17.0. The Bertz CT molecular complexity index is 2620. The first-order chi connectivity index (χ1) is 24.7. The van der Waals surface area contributed by atoms with Crippen molar-refractivity contribution in [1.29, 1.82) is 0 Å². The fraction of sp³-hybridized carbons (Fsp3) is 0.0213. The highest BCUT2D eigenvalue weighted by Gasteiger charge is 2.23. The number of anilines is 3. The van der Waals surface area contributed by atoms with E-state index in [1.54, 1.807) is 12.4 Å². The second-order valence-corrected chi connectivity index (χ2v) is 12.7. The number of benzene rings is 8. The van der Waals surface area contributed by atoms with Crippen LogP contribution in [0.1, 0.15) is 5.56 Å². The number of rotatable bonds is 6. The fourth-order valence-electron chi connectivity index (χ4n) is 7.39. The standard InChI is InChI=1S/C47H33N3/c1-32-21-23-36(24-22-32)50(44-31-48-27-28-49-44)37-25-26-40-43(29-37)38-19-11-12-20-39(38)46-42(34-15-7-3-8-16-34)30-41(33-13-5-2-6-14-33)45(47(40)46)35-17-9-4-10-18-35/h2-31H,1H3. The minimum absolute atomic E-state index is 0.767. The quantitative estimate of drug-likeness (QED) is 0.170. The molecule has 50 heavy (non-hydrogen) atoms. The van der Waals surface area contributed by atoms with Gasteiger partial charge >= 0.3 is 0 Å². The van der Waals surface area contributed by atoms with Gasteiger partial charge in [0.1, 0.15) is 0 Å². The summed E-state index contributed by atoms with van der Waals surface area (Å²) in [5.41, 5.74) is 10.5. The van der Waals surface area contributed by atoms with Gasteiger partial charge in [-0.3, -0.25) is 9.88 Å². The van der Waals surface area contributed by atoms with Crippen molar-refractivity contribution in [2.45, 2.75) is 6.92 Å². The van der Waals surface area contributed by atoms with Crippen LogP contribution >= 0.6 is 0 Å². The number of nitrogens with zero attached hydrogens (tertiary/aromatic N) is 3. The summed E-state index contributed by atoms with van der Waals surface area (Å²) >= 11 is 0. The predicted octanol–water partition coefficient (Wildman–Crippen LogP) is 12.7. The Kier molecular flexibility index (Phi) is 7.37. The fourth-order valence-corrected chi connectivity index (χ4v) is 7.39. The molecule has 1 aromatic heterocycles. The summed E-state index contributed by atoms with van der Waals surface area (Å²) in [6, 6.07) is 59.2. The molecule has 0 aliphatic carbocycles. The zero-order chi connectivity index (χ0) is 33.4. The lowest BCUT2D eigenvalue weighted by Crippen LogP contribution is -2.11. The topological polar surface area (TPSA) is 29.0 Å². The van der Waals surface area contributed by atoms with E-state index in [1.807, 2.05) is 6.20 Å². The Morgan fingerprint density at radius 2 is 1.02 bits per heavy atom. The van der Waals surface area contributed by atoms with Crippen LogP contribution in [-0.4, -0.2) is 9.97 Å². The Morgan fingerprint density at radius 1 is 0.440 bits per heavy atom. The van der Waals surface area contributed by atoms with E-state index in [4.69, 9.17) is 4.98 Å². The summed E-state index contributed by atoms with van der Waals surface area (Å²) in [5, 5.41) is 7.34. The number of hydrogen-bond donors (Lipinski definition) is 0. The molecule has 236 valence electrons. The predicted molar refractivity (Wildman–Crippen MR) is 210 cm³/mol. The van der Waals surface area contributed by atoms with Crippen LogP contribution in [0.3, 0.4) is 0 Å². The van der Waals surface area contributed by atoms with Crippen molar-refractivity contribution in [2.75, 3.05) is 4.90 Å². The Labute approximate surface area is 291 Å². The van der Waals surface area contributed by atoms with Crippen LogP contribution in [0.4, 0.5) is 17.2 Å². The van der Waals surface area contributed by atoms with Crippen LogP contribution in [-0.2, 0) is 0 Å². The van der Waals surface area contributed by atoms with Gasteiger partial charge in [-0.15, -0.1) is 0 Å². The van der Waals surface area contributed by atoms with Crippen LogP contribution in [0, 0.1) is 6.92 Å². The summed E-state index contributed by atoms with van der Waals surface area (Å²) in [7, 11) is 0. The zero-order valence-electron chi connectivity index (χ0n) is 27.7. The van der Waals surface area contributed by atoms with Gasteiger partial charge in [-0.2, -0.15) is 0 Å². The van der Waals surface area contributed by atoms with Gasteiger partial charge in [0.2, 0.25) is 0 Å². The molecule has 9 rings (SSSR count). The molecule has 0 atom stereocenters. The van der Waals surface area contributed by atoms with Crippen LogP contribution in [0.2, 0.25) is 0 Å². The molecule has 0 amide bonds. The molecule has 0 saturated carbocycles. The monoisotopic (exact) mass is 639 g/mol. The van der Waals surface area contributed by atoms with E-state index in [1.165, 1.54) is 71.3 Å². The lowest BCUT2D eigenvalue weighted by Gasteiger charge is -2.26. The van der Waals surface area contributed by atoms with Gasteiger partial charge in [0.25, 0.3) is 0 Å². The van der Waals surface area contributed by atoms with Crippen LogP contribution < -0.4 is 4.90 Å². The third kappa shape index (κ3) is 5.08. The SMILES string of the molecule is Cc1ccc(N(c2ccc3c(c2)c2ccccc2c2c(-c4ccccc4)cc(-c4ccccc4)c(-c4ccccc4)c32)c2cnccn2)cc1. The lowest BCUT2D eigenvalue weighted by molar-refractivity contribution is 1.12. The van der Waals surface area contributed by atoms with E-state index in [2.05, 4.69) is 181 Å². The van der Waals surface area contributed by atoms with Crippen LogP contribution in [0.15, 0.2) is 182 Å². The number of aromatic nitrogens is 2. The zero-order valence-corrected chi connectivity index (χ0v) is 27.7. The highest BCUT2D eigenvalue weighted by molar-refractivity contribution is 6.33. The summed E-state index contributed by atoms with van der Waals surface area (Å²) in [6.07, 6.45) is 5.30. The molecular formula is C47H33N3. The van der Waals surface area contributed by atoms with Gasteiger partial charge in [0.05, 0.1) is 6.20 Å². The summed E-state index contributed by atoms with van der Waals surface area (Å²) in [4.78, 5) is 11.4. The highest BCUT2D eigenvalue weighted by Crippen LogP contribution is 2.49. The molecule has 9 aromatic rings. The number of aryl methyl sites for hydroxylation is 1. The van der Waals surface area contributed by atoms with E-state index < -0.39 is 0 Å². The molecule has 0 aliphatic heterocycles. The lowest BCUT2D eigenvalue weighted by atomic mass is 9.81. The summed E-state index contributed by atoms with van der Waals surface area (Å²) < 4.78 is 0. The van der Waals surface area contributed by atoms with Crippen molar-refractivity contribution in [3.05, 3.63) is 188 Å². The molecule has 3 heteroatoms. The van der Waals surface area contributed by atoms with Gasteiger partial charge in [-0.05, 0) is 103 Å². The maximum atomic E-state index is 4.75. The normalized spacial score (nSPS) is 11.3. The van der Waals surface area contributed by atoms with Gasteiger partial charge in [-0.1, -0.05) is 139 Å². The van der Waals surface area contributed by atoms with E-state index in [0.717, 1.165) is 17.2 Å². The Balaban J connectivity index is 1.46. The van der Waals surface area contributed by atoms with Crippen molar-refractivity contribution in [3.8, 4) is 33.4 Å². The van der Waals surface area contributed by atoms with Gasteiger partial charge < -0.3 is 0 Å². The van der Waals surface area contributed by atoms with E-state index in [9.17, 15) is 0 Å². The van der Waals surface area contributed by atoms with Crippen LogP contribution in [0.5, 0.6) is 0 Å². The van der Waals surface area contributed by atoms with Crippen molar-refractivity contribution in [3.63, 3.8) is 0 Å². The third-order valence-electron chi connectivity index (χ3n) is 9.65. The molecule has 0 saturated heterocycles. The minimum Gasteiger partial charge on any atom is -0.294 e.